The second kappa shape index (κ2) is 7.83. The van der Waals surface area contributed by atoms with Crippen molar-refractivity contribution in [2.75, 3.05) is 31.1 Å². The van der Waals surface area contributed by atoms with Gasteiger partial charge >= 0.3 is 0 Å². The molecule has 2 aromatic heterocycles. The first-order chi connectivity index (χ1) is 14.0. The van der Waals surface area contributed by atoms with E-state index in [9.17, 15) is 9.59 Å². The van der Waals surface area contributed by atoms with Crippen molar-refractivity contribution in [3.8, 4) is 5.82 Å². The first kappa shape index (κ1) is 18.8. The minimum atomic E-state index is -0.0177. The lowest BCUT2D eigenvalue weighted by Crippen LogP contribution is -2.49. The van der Waals surface area contributed by atoms with Crippen LogP contribution >= 0.6 is 0 Å². The first-order valence-corrected chi connectivity index (χ1v) is 9.52. The Bertz CT molecular complexity index is 1020. The van der Waals surface area contributed by atoms with Crippen LogP contribution in [0.2, 0.25) is 0 Å². The molecular formula is C21H22N6O2. The average Bonchev–Trinajstić information content (AvgIpc) is 3.28. The second-order valence-electron chi connectivity index (χ2n) is 6.99. The molecule has 8 heteroatoms. The summed E-state index contributed by atoms with van der Waals surface area (Å²) in [7, 11) is 0. The summed E-state index contributed by atoms with van der Waals surface area (Å²) in [6.07, 6.45) is 3.56. The number of Topliss-reactive ketones (excluding diaryl/α,β-unsaturated/α-hetero) is 1. The monoisotopic (exact) mass is 390 g/mol. The number of hydrogen-bond acceptors (Lipinski definition) is 6. The highest BCUT2D eigenvalue weighted by atomic mass is 16.2. The number of carbonyl (C=O) groups excluding carboxylic acids is 2. The molecule has 3 heterocycles. The molecular weight excluding hydrogens is 368 g/mol. The second-order valence-corrected chi connectivity index (χ2v) is 6.99. The van der Waals surface area contributed by atoms with Gasteiger partial charge in [-0.25, -0.2) is 14.6 Å². The summed E-state index contributed by atoms with van der Waals surface area (Å²) in [4.78, 5) is 37.2. The quantitative estimate of drug-likeness (QED) is 0.635. The number of benzene rings is 1. The topological polar surface area (TPSA) is 84.2 Å². The fourth-order valence-electron chi connectivity index (χ4n) is 3.39. The zero-order valence-corrected chi connectivity index (χ0v) is 16.4. The number of aryl methyl sites for hydroxylation is 1. The van der Waals surface area contributed by atoms with Crippen LogP contribution in [0, 0.1) is 6.92 Å². The van der Waals surface area contributed by atoms with E-state index in [1.807, 2.05) is 30.2 Å². The third-order valence-electron chi connectivity index (χ3n) is 4.98. The van der Waals surface area contributed by atoms with Gasteiger partial charge in [0.2, 0.25) is 0 Å². The Balaban J connectivity index is 1.44. The lowest BCUT2D eigenvalue weighted by molar-refractivity contribution is 0.0746. The van der Waals surface area contributed by atoms with Gasteiger partial charge in [-0.05, 0) is 32.0 Å². The van der Waals surface area contributed by atoms with E-state index in [-0.39, 0.29) is 11.7 Å². The minimum absolute atomic E-state index is 0.00719. The molecule has 0 unspecified atom stereocenters. The maximum Gasteiger partial charge on any atom is 0.253 e. The lowest BCUT2D eigenvalue weighted by atomic mass is 10.1. The molecule has 29 heavy (non-hydrogen) atoms. The number of nitrogens with zero attached hydrogens (tertiary/aromatic N) is 6. The van der Waals surface area contributed by atoms with Crippen molar-refractivity contribution in [1.82, 2.24) is 24.6 Å². The summed E-state index contributed by atoms with van der Waals surface area (Å²) in [6.45, 7) is 5.96. The average molecular weight is 390 g/mol. The Morgan fingerprint density at radius 1 is 0.931 bits per heavy atom. The molecule has 1 aromatic carbocycles. The number of piperazine rings is 1. The van der Waals surface area contributed by atoms with E-state index in [4.69, 9.17) is 0 Å². The number of carbonyl (C=O) groups is 2. The highest BCUT2D eigenvalue weighted by Crippen LogP contribution is 2.18. The number of aromatic nitrogens is 4. The molecule has 148 valence electrons. The minimum Gasteiger partial charge on any atom is -0.353 e. The van der Waals surface area contributed by atoms with Crippen LogP contribution in [0.5, 0.6) is 0 Å². The Morgan fingerprint density at radius 2 is 1.59 bits per heavy atom. The summed E-state index contributed by atoms with van der Waals surface area (Å²) in [5, 5.41) is 4.23. The number of anilines is 1. The van der Waals surface area contributed by atoms with E-state index in [1.54, 1.807) is 35.1 Å². The number of rotatable bonds is 4. The predicted octanol–water partition coefficient (Wildman–Crippen LogP) is 2.14. The fourth-order valence-corrected chi connectivity index (χ4v) is 3.39. The molecule has 1 fully saturated rings. The standard InChI is InChI=1S/C21H22N6O2/c1-15(28)17-4-6-18(7-5-17)21(29)26-12-10-25(11-13-26)19-14-20(24-16(2)23-19)27-9-3-8-22-27/h3-9,14H,10-13H2,1-2H3. The van der Waals surface area contributed by atoms with Gasteiger partial charge in [0.25, 0.3) is 5.91 Å². The van der Waals surface area contributed by atoms with Gasteiger partial charge in [-0.15, -0.1) is 0 Å². The third kappa shape index (κ3) is 4.01. The zero-order chi connectivity index (χ0) is 20.4. The Hall–Kier alpha value is -3.55. The van der Waals surface area contributed by atoms with Crippen LogP contribution in [-0.2, 0) is 0 Å². The molecule has 0 spiro atoms. The summed E-state index contributed by atoms with van der Waals surface area (Å²) in [5.74, 6) is 2.21. The molecule has 3 aromatic rings. The Morgan fingerprint density at radius 3 is 2.21 bits per heavy atom. The van der Waals surface area contributed by atoms with Crippen molar-refractivity contribution in [3.63, 3.8) is 0 Å². The number of ketones is 1. The molecule has 0 bridgehead atoms. The molecule has 0 atom stereocenters. The van der Waals surface area contributed by atoms with Gasteiger partial charge in [0.05, 0.1) is 0 Å². The van der Waals surface area contributed by atoms with Gasteiger partial charge in [0.1, 0.15) is 11.6 Å². The maximum atomic E-state index is 12.8. The zero-order valence-electron chi connectivity index (χ0n) is 16.4. The largest absolute Gasteiger partial charge is 0.353 e. The predicted molar refractivity (Wildman–Crippen MR) is 108 cm³/mol. The molecule has 0 N–H and O–H groups in total. The van der Waals surface area contributed by atoms with Crippen LogP contribution in [0.1, 0.15) is 33.5 Å². The van der Waals surface area contributed by atoms with E-state index in [0.29, 0.717) is 43.1 Å². The first-order valence-electron chi connectivity index (χ1n) is 9.52. The fraction of sp³-hybridized carbons (Fsp3) is 0.286. The smallest absolute Gasteiger partial charge is 0.253 e. The van der Waals surface area contributed by atoms with Crippen molar-refractivity contribution in [3.05, 3.63) is 65.7 Å². The summed E-state index contributed by atoms with van der Waals surface area (Å²) in [6, 6.07) is 10.6. The molecule has 1 saturated heterocycles. The summed E-state index contributed by atoms with van der Waals surface area (Å²) < 4.78 is 1.71. The van der Waals surface area contributed by atoms with Crippen molar-refractivity contribution in [2.24, 2.45) is 0 Å². The number of amides is 1. The molecule has 1 aliphatic rings. The molecule has 0 saturated carbocycles. The van der Waals surface area contributed by atoms with Crippen LogP contribution in [0.25, 0.3) is 5.82 Å². The lowest BCUT2D eigenvalue weighted by Gasteiger charge is -2.35. The van der Waals surface area contributed by atoms with Gasteiger partial charge in [-0.1, -0.05) is 12.1 Å². The van der Waals surface area contributed by atoms with E-state index in [2.05, 4.69) is 20.0 Å². The number of hydrogen-bond donors (Lipinski definition) is 0. The molecule has 8 nitrogen and oxygen atoms in total. The molecule has 1 aliphatic heterocycles. The third-order valence-corrected chi connectivity index (χ3v) is 4.98. The highest BCUT2D eigenvalue weighted by molar-refractivity contribution is 5.97. The van der Waals surface area contributed by atoms with Crippen LogP contribution in [0.4, 0.5) is 5.82 Å². The Kier molecular flexibility index (Phi) is 5.07. The highest BCUT2D eigenvalue weighted by Gasteiger charge is 2.23. The van der Waals surface area contributed by atoms with Crippen molar-refractivity contribution in [1.29, 1.82) is 0 Å². The van der Waals surface area contributed by atoms with Crippen LogP contribution in [0.15, 0.2) is 48.8 Å². The van der Waals surface area contributed by atoms with Crippen LogP contribution < -0.4 is 4.90 Å². The SMILES string of the molecule is CC(=O)c1ccc(C(=O)N2CCN(c3cc(-n4cccn4)nc(C)n3)CC2)cc1. The van der Waals surface area contributed by atoms with E-state index >= 15 is 0 Å². The van der Waals surface area contributed by atoms with Gasteiger partial charge < -0.3 is 9.80 Å². The van der Waals surface area contributed by atoms with Gasteiger partial charge in [0.15, 0.2) is 11.6 Å². The molecule has 1 amide bonds. The van der Waals surface area contributed by atoms with Gasteiger partial charge in [0, 0.05) is 55.8 Å². The Labute approximate surface area is 168 Å². The van der Waals surface area contributed by atoms with Crippen LogP contribution in [-0.4, -0.2) is 62.5 Å². The van der Waals surface area contributed by atoms with Crippen molar-refractivity contribution < 1.29 is 9.59 Å². The summed E-state index contributed by atoms with van der Waals surface area (Å²) in [5.41, 5.74) is 1.21. The van der Waals surface area contributed by atoms with Gasteiger partial charge in [-0.3, -0.25) is 9.59 Å². The van der Waals surface area contributed by atoms with Crippen LogP contribution in [0.3, 0.4) is 0 Å². The van der Waals surface area contributed by atoms with Crippen molar-refractivity contribution in [2.45, 2.75) is 13.8 Å². The molecule has 0 aliphatic carbocycles. The summed E-state index contributed by atoms with van der Waals surface area (Å²) >= 11 is 0. The molecule has 4 rings (SSSR count). The maximum absolute atomic E-state index is 12.8. The molecule has 0 radical (unpaired) electrons. The van der Waals surface area contributed by atoms with Crippen molar-refractivity contribution >= 4 is 17.5 Å². The van der Waals surface area contributed by atoms with Gasteiger partial charge in [-0.2, -0.15) is 5.10 Å². The normalized spacial score (nSPS) is 14.1. The van der Waals surface area contributed by atoms with E-state index in [1.165, 1.54) is 6.92 Å². The van der Waals surface area contributed by atoms with E-state index in [0.717, 1.165) is 11.6 Å². The van der Waals surface area contributed by atoms with E-state index < -0.39 is 0 Å².